The molecule has 2 aliphatic heterocycles. The van der Waals surface area contributed by atoms with Gasteiger partial charge in [0.05, 0.1) is 19.9 Å². The van der Waals surface area contributed by atoms with E-state index in [0.717, 1.165) is 51.7 Å². The van der Waals surface area contributed by atoms with Crippen LogP contribution in [0.1, 0.15) is 57.8 Å². The molecule has 0 aromatic heterocycles. The van der Waals surface area contributed by atoms with Crippen molar-refractivity contribution in [3.63, 3.8) is 0 Å². The Morgan fingerprint density at radius 2 is 1.78 bits per heavy atom. The van der Waals surface area contributed by atoms with Crippen LogP contribution in [0, 0.1) is 11.3 Å². The quantitative estimate of drug-likeness (QED) is 0.702. The number of methoxy groups -OCH3 is 2. The molecule has 1 atom stereocenters. The van der Waals surface area contributed by atoms with Crippen molar-refractivity contribution in [2.24, 2.45) is 11.3 Å². The van der Waals surface area contributed by atoms with Gasteiger partial charge < -0.3 is 24.6 Å². The number of hydrogen-bond donors (Lipinski definition) is 1. The zero-order valence-corrected chi connectivity index (χ0v) is 19.5. The van der Waals surface area contributed by atoms with Crippen molar-refractivity contribution < 1.29 is 19.1 Å². The Morgan fingerprint density at radius 1 is 1.03 bits per heavy atom. The standard InChI is InChI=1S/C25H37N3O4/c1-31-20-9-10-22(32-2)21(16-20)26-24(30)28-17-19(25(18-28)12-4-3-5-13-25)8-11-23(29)27-14-6-7-15-27/h9-10,16,19H,3-8,11-15,17-18H2,1-2H3,(H,26,30). The summed E-state index contributed by atoms with van der Waals surface area (Å²) in [6.07, 6.45) is 9.75. The van der Waals surface area contributed by atoms with Crippen LogP contribution in [-0.2, 0) is 4.79 Å². The third kappa shape index (κ3) is 4.81. The monoisotopic (exact) mass is 443 g/mol. The largest absolute Gasteiger partial charge is 0.497 e. The summed E-state index contributed by atoms with van der Waals surface area (Å²) >= 11 is 0. The van der Waals surface area contributed by atoms with Gasteiger partial charge in [-0.2, -0.15) is 0 Å². The van der Waals surface area contributed by atoms with Gasteiger partial charge in [-0.15, -0.1) is 0 Å². The van der Waals surface area contributed by atoms with Crippen LogP contribution in [0.25, 0.3) is 0 Å². The first-order valence-corrected chi connectivity index (χ1v) is 12.1. The van der Waals surface area contributed by atoms with E-state index in [1.807, 2.05) is 15.9 Å². The molecule has 1 N–H and O–H groups in total. The van der Waals surface area contributed by atoms with Crippen molar-refractivity contribution in [1.29, 1.82) is 0 Å². The van der Waals surface area contributed by atoms with Gasteiger partial charge in [0.25, 0.3) is 0 Å². The zero-order chi connectivity index (χ0) is 22.6. The minimum absolute atomic E-state index is 0.102. The Kier molecular flexibility index (Phi) is 7.11. The molecule has 2 heterocycles. The van der Waals surface area contributed by atoms with Gasteiger partial charge in [-0.3, -0.25) is 4.79 Å². The molecule has 7 nitrogen and oxygen atoms in total. The first-order chi connectivity index (χ1) is 15.5. The first kappa shape index (κ1) is 22.7. The number of benzene rings is 1. The lowest BCUT2D eigenvalue weighted by atomic mass is 9.66. The van der Waals surface area contributed by atoms with Crippen LogP contribution in [0.2, 0.25) is 0 Å². The highest BCUT2D eigenvalue weighted by atomic mass is 16.5. The van der Waals surface area contributed by atoms with Crippen molar-refractivity contribution >= 4 is 17.6 Å². The highest BCUT2D eigenvalue weighted by molar-refractivity contribution is 5.91. The lowest BCUT2D eigenvalue weighted by molar-refractivity contribution is -0.130. The molecule has 1 saturated carbocycles. The van der Waals surface area contributed by atoms with Crippen molar-refractivity contribution in [2.45, 2.75) is 57.8 Å². The highest BCUT2D eigenvalue weighted by Gasteiger charge is 2.48. The van der Waals surface area contributed by atoms with E-state index in [0.29, 0.717) is 36.1 Å². The number of anilines is 1. The second kappa shape index (κ2) is 10.0. The first-order valence-electron chi connectivity index (χ1n) is 12.1. The van der Waals surface area contributed by atoms with Gasteiger partial charge in [0.2, 0.25) is 5.91 Å². The molecule has 1 aromatic carbocycles. The van der Waals surface area contributed by atoms with E-state index in [2.05, 4.69) is 5.32 Å². The van der Waals surface area contributed by atoms with Crippen LogP contribution in [0.15, 0.2) is 18.2 Å². The van der Waals surface area contributed by atoms with Crippen molar-refractivity contribution in [3.8, 4) is 11.5 Å². The van der Waals surface area contributed by atoms with E-state index in [4.69, 9.17) is 9.47 Å². The van der Waals surface area contributed by atoms with E-state index in [-0.39, 0.29) is 17.4 Å². The Hall–Kier alpha value is -2.44. The minimum Gasteiger partial charge on any atom is -0.497 e. The van der Waals surface area contributed by atoms with E-state index in [1.54, 1.807) is 26.4 Å². The lowest BCUT2D eigenvalue weighted by Gasteiger charge is -2.38. The molecule has 1 unspecified atom stereocenters. The molecule has 0 bridgehead atoms. The third-order valence-corrected chi connectivity index (χ3v) is 7.76. The number of hydrogen-bond acceptors (Lipinski definition) is 4. The minimum atomic E-state index is -0.102. The van der Waals surface area contributed by atoms with Crippen LogP contribution in [-0.4, -0.2) is 62.1 Å². The Morgan fingerprint density at radius 3 is 2.47 bits per heavy atom. The third-order valence-electron chi connectivity index (χ3n) is 7.76. The fourth-order valence-corrected chi connectivity index (χ4v) is 5.94. The number of likely N-dealkylation sites (tertiary alicyclic amines) is 2. The number of urea groups is 1. The van der Waals surface area contributed by atoms with Crippen LogP contribution in [0.3, 0.4) is 0 Å². The lowest BCUT2D eigenvalue weighted by Crippen LogP contribution is -2.36. The number of carbonyl (C=O) groups is 2. The van der Waals surface area contributed by atoms with Gasteiger partial charge in [0.15, 0.2) is 0 Å². The fourth-order valence-electron chi connectivity index (χ4n) is 5.94. The Bertz CT molecular complexity index is 815. The molecule has 1 spiro atoms. The SMILES string of the molecule is COc1ccc(OC)c(NC(=O)N2CC(CCC(=O)N3CCCC3)C3(CCCCC3)C2)c1. The molecule has 1 aromatic rings. The van der Waals surface area contributed by atoms with Crippen molar-refractivity contribution in [3.05, 3.63) is 18.2 Å². The van der Waals surface area contributed by atoms with E-state index in [1.165, 1.54) is 19.3 Å². The predicted molar refractivity (Wildman–Crippen MR) is 124 cm³/mol. The summed E-state index contributed by atoms with van der Waals surface area (Å²) in [5.74, 6) is 1.95. The van der Waals surface area contributed by atoms with Crippen LogP contribution in [0.5, 0.6) is 11.5 Å². The maximum Gasteiger partial charge on any atom is 0.321 e. The predicted octanol–water partition coefficient (Wildman–Crippen LogP) is 4.52. The van der Waals surface area contributed by atoms with E-state index < -0.39 is 0 Å². The molecule has 7 heteroatoms. The molecule has 4 rings (SSSR count). The molecular formula is C25H37N3O4. The number of nitrogens with zero attached hydrogens (tertiary/aromatic N) is 2. The van der Waals surface area contributed by atoms with Gasteiger partial charge in [0, 0.05) is 38.7 Å². The van der Waals surface area contributed by atoms with Crippen molar-refractivity contribution in [1.82, 2.24) is 9.80 Å². The summed E-state index contributed by atoms with van der Waals surface area (Å²) in [4.78, 5) is 29.9. The maximum absolute atomic E-state index is 13.2. The summed E-state index contributed by atoms with van der Waals surface area (Å²) < 4.78 is 10.7. The van der Waals surface area contributed by atoms with Gasteiger partial charge in [-0.25, -0.2) is 4.79 Å². The molecular weight excluding hydrogens is 406 g/mol. The molecule has 176 valence electrons. The van der Waals surface area contributed by atoms with Gasteiger partial charge in [-0.05, 0) is 55.6 Å². The second-order valence-electron chi connectivity index (χ2n) is 9.62. The number of nitrogens with one attached hydrogen (secondary N) is 1. The number of ether oxygens (including phenoxy) is 2. The fraction of sp³-hybridized carbons (Fsp3) is 0.680. The smallest absolute Gasteiger partial charge is 0.321 e. The average molecular weight is 444 g/mol. The molecule has 2 saturated heterocycles. The number of amides is 3. The topological polar surface area (TPSA) is 71.1 Å². The molecule has 3 amide bonds. The molecule has 32 heavy (non-hydrogen) atoms. The normalized spacial score (nSPS) is 22.2. The molecule has 3 fully saturated rings. The van der Waals surface area contributed by atoms with Crippen LogP contribution >= 0.6 is 0 Å². The molecule has 3 aliphatic rings. The van der Waals surface area contributed by atoms with E-state index >= 15 is 0 Å². The Labute approximate surface area is 191 Å². The summed E-state index contributed by atoms with van der Waals surface area (Å²) in [5, 5.41) is 3.04. The average Bonchev–Trinajstić information content (AvgIpc) is 3.47. The van der Waals surface area contributed by atoms with Gasteiger partial charge in [-0.1, -0.05) is 19.3 Å². The highest BCUT2D eigenvalue weighted by Crippen LogP contribution is 2.49. The van der Waals surface area contributed by atoms with Crippen molar-refractivity contribution in [2.75, 3.05) is 45.7 Å². The summed E-state index contributed by atoms with van der Waals surface area (Å²) in [6.45, 7) is 3.30. The maximum atomic E-state index is 13.2. The summed E-state index contributed by atoms with van der Waals surface area (Å²) in [5.41, 5.74) is 0.765. The zero-order valence-electron chi connectivity index (χ0n) is 19.5. The number of rotatable bonds is 6. The van der Waals surface area contributed by atoms with Gasteiger partial charge in [0.1, 0.15) is 11.5 Å². The second-order valence-corrected chi connectivity index (χ2v) is 9.62. The summed E-state index contributed by atoms with van der Waals surface area (Å²) in [7, 11) is 3.20. The Balaban J connectivity index is 1.44. The molecule has 0 radical (unpaired) electrons. The van der Waals surface area contributed by atoms with Crippen LogP contribution < -0.4 is 14.8 Å². The van der Waals surface area contributed by atoms with E-state index in [9.17, 15) is 9.59 Å². The number of carbonyl (C=O) groups excluding carboxylic acids is 2. The van der Waals surface area contributed by atoms with Gasteiger partial charge >= 0.3 is 6.03 Å². The molecule has 1 aliphatic carbocycles. The summed E-state index contributed by atoms with van der Waals surface area (Å²) in [6, 6.07) is 5.30. The van der Waals surface area contributed by atoms with Crippen LogP contribution in [0.4, 0.5) is 10.5 Å².